The first kappa shape index (κ1) is 13.3. The zero-order valence-electron chi connectivity index (χ0n) is 10.9. The van der Waals surface area contributed by atoms with Gasteiger partial charge in [-0.05, 0) is 18.2 Å². The first-order chi connectivity index (χ1) is 10.2. The van der Waals surface area contributed by atoms with Crippen molar-refractivity contribution in [2.75, 3.05) is 5.32 Å². The summed E-state index contributed by atoms with van der Waals surface area (Å²) in [6.45, 7) is 0.613. The number of nitrogens with two attached hydrogens (primary N) is 1. The molecular weight excluding hydrogens is 288 g/mol. The lowest BCUT2D eigenvalue weighted by Gasteiger charge is -2.05. The van der Waals surface area contributed by atoms with Crippen molar-refractivity contribution in [3.8, 4) is 5.82 Å². The van der Waals surface area contributed by atoms with Gasteiger partial charge in [-0.25, -0.2) is 14.6 Å². The van der Waals surface area contributed by atoms with Gasteiger partial charge in [-0.3, -0.25) is 4.79 Å². The van der Waals surface area contributed by atoms with Gasteiger partial charge < -0.3 is 11.1 Å². The molecule has 0 saturated carbocycles. The fourth-order valence-corrected chi connectivity index (χ4v) is 2.56. The fourth-order valence-electron chi connectivity index (χ4n) is 1.74. The van der Waals surface area contributed by atoms with Gasteiger partial charge >= 0.3 is 0 Å². The monoisotopic (exact) mass is 300 g/mol. The normalized spacial score (nSPS) is 10.5. The molecular formula is C13H12N6OS. The summed E-state index contributed by atoms with van der Waals surface area (Å²) < 4.78 is 1.59. The molecule has 3 heterocycles. The van der Waals surface area contributed by atoms with E-state index in [1.165, 1.54) is 17.7 Å². The number of hydrogen-bond acceptors (Lipinski definition) is 6. The molecule has 0 radical (unpaired) electrons. The molecule has 3 aromatic heterocycles. The van der Waals surface area contributed by atoms with Crippen LogP contribution < -0.4 is 11.1 Å². The van der Waals surface area contributed by atoms with Gasteiger partial charge in [0.05, 0.1) is 17.4 Å². The second-order valence-corrected chi connectivity index (χ2v) is 5.26. The molecule has 3 aromatic rings. The van der Waals surface area contributed by atoms with Crippen molar-refractivity contribution in [3.63, 3.8) is 0 Å². The van der Waals surface area contributed by atoms with Crippen LogP contribution in [0, 0.1) is 0 Å². The molecule has 0 spiro atoms. The molecule has 0 bridgehead atoms. The number of pyridine rings is 1. The number of nitrogens with one attached hydrogen (secondary N) is 1. The van der Waals surface area contributed by atoms with Crippen molar-refractivity contribution < 1.29 is 4.79 Å². The molecule has 21 heavy (non-hydrogen) atoms. The van der Waals surface area contributed by atoms with E-state index in [1.807, 2.05) is 12.1 Å². The number of rotatable bonds is 5. The first-order valence-corrected chi connectivity index (χ1v) is 7.02. The van der Waals surface area contributed by atoms with Crippen LogP contribution in [0.1, 0.15) is 15.2 Å². The molecule has 0 saturated heterocycles. The van der Waals surface area contributed by atoms with Crippen molar-refractivity contribution >= 4 is 22.9 Å². The molecule has 0 fully saturated rings. The zero-order valence-corrected chi connectivity index (χ0v) is 11.7. The molecule has 0 aliphatic heterocycles. The second kappa shape index (κ2) is 5.71. The van der Waals surface area contributed by atoms with Crippen LogP contribution in [0.4, 0.5) is 5.69 Å². The van der Waals surface area contributed by atoms with Gasteiger partial charge in [0.2, 0.25) is 5.91 Å². The van der Waals surface area contributed by atoms with E-state index in [-0.39, 0.29) is 0 Å². The predicted molar refractivity (Wildman–Crippen MR) is 79.3 cm³/mol. The quantitative estimate of drug-likeness (QED) is 0.742. The molecule has 106 valence electrons. The van der Waals surface area contributed by atoms with Crippen LogP contribution in [0.2, 0.25) is 0 Å². The highest BCUT2D eigenvalue weighted by Crippen LogP contribution is 2.16. The smallest absolute Gasteiger partial charge is 0.249 e. The Hall–Kier alpha value is -2.74. The average molecular weight is 300 g/mol. The highest BCUT2D eigenvalue weighted by molar-refractivity contribution is 7.10. The molecule has 3 N–H and O–H groups in total. The van der Waals surface area contributed by atoms with Crippen LogP contribution >= 0.6 is 11.3 Å². The van der Waals surface area contributed by atoms with Crippen LogP contribution in [0.15, 0.2) is 42.4 Å². The molecule has 7 nitrogen and oxygen atoms in total. The number of thiophene rings is 1. The standard InChI is InChI=1S/C13H12N6OS/c14-13(20)9-3-11(21-6-9)5-16-10-1-2-12(17-4-10)19-8-15-7-18-19/h1-4,6-8,16H,5H2,(H2,14,20). The van der Waals surface area contributed by atoms with Crippen LogP contribution in [0.3, 0.4) is 0 Å². The van der Waals surface area contributed by atoms with Crippen molar-refractivity contribution in [1.82, 2.24) is 19.7 Å². The van der Waals surface area contributed by atoms with Gasteiger partial charge in [0.1, 0.15) is 12.7 Å². The van der Waals surface area contributed by atoms with E-state index < -0.39 is 5.91 Å². The minimum absolute atomic E-state index is 0.406. The lowest BCUT2D eigenvalue weighted by Crippen LogP contribution is -2.09. The number of carbonyl (C=O) groups excluding carboxylic acids is 1. The van der Waals surface area contributed by atoms with Crippen LogP contribution in [-0.4, -0.2) is 25.7 Å². The summed E-state index contributed by atoms with van der Waals surface area (Å²) in [4.78, 5) is 20.2. The van der Waals surface area contributed by atoms with E-state index in [2.05, 4.69) is 20.4 Å². The van der Waals surface area contributed by atoms with E-state index in [0.717, 1.165) is 10.6 Å². The van der Waals surface area contributed by atoms with Crippen LogP contribution in [0.5, 0.6) is 0 Å². The van der Waals surface area contributed by atoms with Gasteiger partial charge in [-0.15, -0.1) is 11.3 Å². The third-order valence-corrected chi connectivity index (χ3v) is 3.74. The SMILES string of the molecule is NC(=O)c1csc(CNc2ccc(-n3cncn3)nc2)c1. The Balaban J connectivity index is 1.64. The highest BCUT2D eigenvalue weighted by atomic mass is 32.1. The van der Waals surface area contributed by atoms with Gasteiger partial charge in [0.15, 0.2) is 5.82 Å². The van der Waals surface area contributed by atoms with Gasteiger partial charge in [-0.2, -0.15) is 5.10 Å². The summed E-state index contributed by atoms with van der Waals surface area (Å²) in [5, 5.41) is 9.00. The number of aromatic nitrogens is 4. The summed E-state index contributed by atoms with van der Waals surface area (Å²) in [5.41, 5.74) is 6.64. The lowest BCUT2D eigenvalue weighted by atomic mass is 10.3. The van der Waals surface area contributed by atoms with Crippen LogP contribution in [0.25, 0.3) is 5.82 Å². The Morgan fingerprint density at radius 2 is 2.33 bits per heavy atom. The van der Waals surface area contributed by atoms with E-state index in [4.69, 9.17) is 5.73 Å². The summed E-state index contributed by atoms with van der Waals surface area (Å²) in [6.07, 6.45) is 4.77. The fraction of sp³-hybridized carbons (Fsp3) is 0.0769. The Morgan fingerprint density at radius 1 is 1.43 bits per heavy atom. The largest absolute Gasteiger partial charge is 0.379 e. The number of primary amides is 1. The first-order valence-electron chi connectivity index (χ1n) is 6.14. The molecule has 0 aliphatic carbocycles. The maximum Gasteiger partial charge on any atom is 0.249 e. The second-order valence-electron chi connectivity index (χ2n) is 4.26. The van der Waals surface area contributed by atoms with Gasteiger partial charge in [0, 0.05) is 16.8 Å². The maximum atomic E-state index is 11.0. The Kier molecular flexibility index (Phi) is 3.61. The van der Waals surface area contributed by atoms with Crippen molar-refractivity contribution in [1.29, 1.82) is 0 Å². The topological polar surface area (TPSA) is 98.7 Å². The molecule has 3 rings (SSSR count). The van der Waals surface area contributed by atoms with Crippen molar-refractivity contribution in [3.05, 3.63) is 52.9 Å². The molecule has 1 amide bonds. The number of hydrogen-bond donors (Lipinski definition) is 2. The van der Waals surface area contributed by atoms with E-state index in [0.29, 0.717) is 17.9 Å². The number of amides is 1. The molecule has 8 heteroatoms. The zero-order chi connectivity index (χ0) is 14.7. The Bertz CT molecular complexity index is 734. The number of carbonyl (C=O) groups is 1. The van der Waals surface area contributed by atoms with Crippen molar-refractivity contribution in [2.24, 2.45) is 5.73 Å². The Morgan fingerprint density at radius 3 is 2.95 bits per heavy atom. The van der Waals surface area contributed by atoms with E-state index >= 15 is 0 Å². The summed E-state index contributed by atoms with van der Waals surface area (Å²) in [6, 6.07) is 5.55. The summed E-state index contributed by atoms with van der Waals surface area (Å²) in [7, 11) is 0. The van der Waals surface area contributed by atoms with Crippen LogP contribution in [-0.2, 0) is 6.54 Å². The molecule has 0 unspecified atom stereocenters. The van der Waals surface area contributed by atoms with E-state index in [9.17, 15) is 4.79 Å². The number of nitrogens with zero attached hydrogens (tertiary/aromatic N) is 4. The third-order valence-electron chi connectivity index (χ3n) is 2.81. The summed E-state index contributed by atoms with van der Waals surface area (Å²) in [5.74, 6) is 0.293. The molecule has 0 aromatic carbocycles. The Labute approximate surface area is 124 Å². The number of anilines is 1. The lowest BCUT2D eigenvalue weighted by molar-refractivity contribution is 0.100. The minimum Gasteiger partial charge on any atom is -0.379 e. The highest BCUT2D eigenvalue weighted by Gasteiger charge is 2.05. The molecule has 0 aliphatic rings. The van der Waals surface area contributed by atoms with Crippen molar-refractivity contribution in [2.45, 2.75) is 6.54 Å². The predicted octanol–water partition coefficient (Wildman–Crippen LogP) is 1.43. The maximum absolute atomic E-state index is 11.0. The van der Waals surface area contributed by atoms with E-state index in [1.54, 1.807) is 28.7 Å². The summed E-state index contributed by atoms with van der Waals surface area (Å²) >= 11 is 1.49. The third kappa shape index (κ3) is 3.06. The van der Waals surface area contributed by atoms with Gasteiger partial charge in [-0.1, -0.05) is 0 Å². The minimum atomic E-state index is -0.406. The van der Waals surface area contributed by atoms with Gasteiger partial charge in [0.25, 0.3) is 0 Å². The average Bonchev–Trinajstić information content (AvgIpc) is 3.17. The molecule has 0 atom stereocenters.